The topological polar surface area (TPSA) is 107 Å². The molecule has 2 bridgehead atoms. The van der Waals surface area contributed by atoms with E-state index in [-0.39, 0.29) is 35.7 Å². The van der Waals surface area contributed by atoms with Crippen molar-refractivity contribution in [2.45, 2.75) is 154 Å². The van der Waals surface area contributed by atoms with Crippen LogP contribution in [-0.4, -0.2) is 64.0 Å². The maximum atomic E-state index is 11.5. The summed E-state index contributed by atoms with van der Waals surface area (Å²) in [5, 5.41) is 33.2. The van der Waals surface area contributed by atoms with Crippen LogP contribution in [0, 0.1) is 47.3 Å². The third-order valence-electron chi connectivity index (χ3n) is 13.1. The van der Waals surface area contributed by atoms with Gasteiger partial charge in [0, 0.05) is 6.42 Å². The zero-order valence-corrected chi connectivity index (χ0v) is 27.1. The van der Waals surface area contributed by atoms with Crippen LogP contribution in [0.1, 0.15) is 119 Å². The summed E-state index contributed by atoms with van der Waals surface area (Å²) in [7, 11) is 0. The molecule has 2 aliphatic carbocycles. The van der Waals surface area contributed by atoms with Crippen LogP contribution in [0.3, 0.4) is 0 Å². The molecule has 4 saturated heterocycles. The van der Waals surface area contributed by atoms with Crippen molar-refractivity contribution in [1.82, 2.24) is 0 Å². The van der Waals surface area contributed by atoms with Crippen LogP contribution in [-0.2, 0) is 24.1 Å². The van der Waals surface area contributed by atoms with Crippen LogP contribution in [0.4, 0.5) is 0 Å². The Morgan fingerprint density at radius 2 is 1.52 bits per heavy atom. The highest BCUT2D eigenvalue weighted by molar-refractivity contribution is 5.06. The fourth-order valence-electron chi connectivity index (χ4n) is 10.2. The maximum absolute atomic E-state index is 11.5. The molecule has 8 nitrogen and oxygen atoms in total. The number of rotatable bonds is 10. The summed E-state index contributed by atoms with van der Waals surface area (Å²) < 4.78 is 12.4. The molecule has 3 N–H and O–H groups in total. The normalized spacial score (nSPS) is 46.9. The summed E-state index contributed by atoms with van der Waals surface area (Å²) in [4.78, 5) is 17.6. The second-order valence-electron chi connectivity index (χ2n) is 15.3. The summed E-state index contributed by atoms with van der Waals surface area (Å²) in [5.41, 5.74) is -1.28. The van der Waals surface area contributed by atoms with Crippen molar-refractivity contribution in [1.29, 1.82) is 0 Å². The lowest BCUT2D eigenvalue weighted by molar-refractivity contribution is -0.517. The minimum atomic E-state index is -0.775. The summed E-state index contributed by atoms with van der Waals surface area (Å²) in [5.74, 6) is 1.12. The lowest BCUT2D eigenvalue weighted by Crippen LogP contribution is -2.61. The minimum Gasteiger partial charge on any atom is -0.393 e. The molecular formula is C34H60O8. The number of hydrogen-bond donors (Lipinski definition) is 3. The van der Waals surface area contributed by atoms with E-state index in [1.54, 1.807) is 0 Å². The fourth-order valence-corrected chi connectivity index (χ4v) is 10.2. The highest BCUT2D eigenvalue weighted by Crippen LogP contribution is 2.56. The fraction of sp³-hybridized carbons (Fsp3) is 1.00. The van der Waals surface area contributed by atoms with Gasteiger partial charge in [-0.2, -0.15) is 0 Å². The van der Waals surface area contributed by atoms with Gasteiger partial charge in [-0.05, 0) is 125 Å². The van der Waals surface area contributed by atoms with E-state index in [1.165, 1.54) is 0 Å². The van der Waals surface area contributed by atoms with Crippen LogP contribution in [0.5, 0.6) is 0 Å². The number of ether oxygens (including phenoxy) is 2. The van der Waals surface area contributed by atoms with Gasteiger partial charge in [-0.15, -0.1) is 0 Å². The third-order valence-corrected chi connectivity index (χ3v) is 13.1. The van der Waals surface area contributed by atoms with Crippen molar-refractivity contribution in [3.8, 4) is 0 Å². The number of aliphatic hydroxyl groups excluding tert-OH is 2. The van der Waals surface area contributed by atoms with E-state index in [0.29, 0.717) is 43.8 Å². The van der Waals surface area contributed by atoms with Crippen molar-refractivity contribution in [3.05, 3.63) is 0 Å². The van der Waals surface area contributed by atoms with Gasteiger partial charge in [-0.3, -0.25) is 5.26 Å². The first-order valence-electron chi connectivity index (χ1n) is 17.3. The minimum absolute atomic E-state index is 0.0157. The predicted octanol–water partition coefficient (Wildman–Crippen LogP) is 6.52. The second kappa shape index (κ2) is 13.2. The Morgan fingerprint density at radius 3 is 2.17 bits per heavy atom. The zero-order chi connectivity index (χ0) is 30.3. The molecule has 8 heteroatoms. The van der Waals surface area contributed by atoms with Gasteiger partial charge in [0.05, 0.1) is 31.5 Å². The Hall–Kier alpha value is -0.320. The first kappa shape index (κ1) is 33.1. The lowest BCUT2D eigenvalue weighted by atomic mass is 9.58. The van der Waals surface area contributed by atoms with Gasteiger partial charge in [-0.25, -0.2) is 14.7 Å². The van der Waals surface area contributed by atoms with E-state index >= 15 is 0 Å². The van der Waals surface area contributed by atoms with Gasteiger partial charge in [0.25, 0.3) is 0 Å². The van der Waals surface area contributed by atoms with Crippen LogP contribution >= 0.6 is 0 Å². The lowest BCUT2D eigenvalue weighted by Gasteiger charge is -2.54. The van der Waals surface area contributed by atoms with Gasteiger partial charge in [-0.1, -0.05) is 34.1 Å². The van der Waals surface area contributed by atoms with Crippen LogP contribution in [0.25, 0.3) is 0 Å². The first-order chi connectivity index (χ1) is 20.0. The van der Waals surface area contributed by atoms with Crippen LogP contribution < -0.4 is 0 Å². The van der Waals surface area contributed by atoms with Gasteiger partial charge in [0.15, 0.2) is 5.79 Å². The van der Waals surface area contributed by atoms with Crippen molar-refractivity contribution in [2.75, 3.05) is 13.2 Å². The van der Waals surface area contributed by atoms with Crippen LogP contribution in [0.15, 0.2) is 0 Å². The Balaban J connectivity index is 1.20. The standard InChI is InChI=1S/C34H60O8/c1-7-25-13-16-28(34-20-39-32(6,41-42-34)18-17-29(25)34)24(5)31(36)10-8-9-30(35)23(4)27-14-11-21(2)26-15-12-22(3)38-19-33(26,27)40-37/h21-31,35-37H,7-20H2,1-6H3/t21-,22?,23?,24?,25-,26+,27+,28+,29?,30?,31?,32-,33-,34+/m1/s1. The number of aliphatic hydroxyl groups is 2. The molecular weight excluding hydrogens is 536 g/mol. The molecule has 4 heterocycles. The number of hydrogen-bond acceptors (Lipinski definition) is 8. The van der Waals surface area contributed by atoms with Gasteiger partial charge < -0.3 is 19.7 Å². The van der Waals surface area contributed by atoms with Gasteiger partial charge in [0.2, 0.25) is 0 Å². The summed E-state index contributed by atoms with van der Waals surface area (Å²) in [6.07, 6.45) is 10.1. The molecule has 14 atom stereocenters. The smallest absolute Gasteiger partial charge is 0.198 e. The highest BCUT2D eigenvalue weighted by Gasteiger charge is 2.61. The summed E-state index contributed by atoms with van der Waals surface area (Å²) in [6.45, 7) is 13.8. The molecule has 244 valence electrons. The SMILES string of the molecule is CC[C@@H]1CC[C@@H](C(C)C(O)CCCC(O)C(C)[C@@H]2CC[C@@H](C)[C@@H]3CCC(C)OC[C@]23OO)[C@@]23CO[C@@](C)(CCC12)OO3. The second-order valence-corrected chi connectivity index (χ2v) is 15.3. The van der Waals surface area contributed by atoms with E-state index in [0.717, 1.165) is 64.2 Å². The van der Waals surface area contributed by atoms with Crippen molar-refractivity contribution < 1.29 is 39.6 Å². The van der Waals surface area contributed by atoms with E-state index in [1.807, 2.05) is 6.92 Å². The van der Waals surface area contributed by atoms with E-state index in [4.69, 9.17) is 24.1 Å². The largest absolute Gasteiger partial charge is 0.393 e. The molecule has 0 aromatic rings. The van der Waals surface area contributed by atoms with Gasteiger partial charge in [0.1, 0.15) is 11.2 Å². The molecule has 6 fully saturated rings. The molecule has 42 heavy (non-hydrogen) atoms. The van der Waals surface area contributed by atoms with Crippen LogP contribution in [0.2, 0.25) is 0 Å². The average molecular weight is 597 g/mol. The molecule has 0 radical (unpaired) electrons. The van der Waals surface area contributed by atoms with E-state index in [9.17, 15) is 15.5 Å². The molecule has 6 rings (SSSR count). The summed E-state index contributed by atoms with van der Waals surface area (Å²) in [6, 6.07) is 0. The maximum Gasteiger partial charge on any atom is 0.198 e. The van der Waals surface area contributed by atoms with Crippen molar-refractivity contribution in [2.24, 2.45) is 47.3 Å². The molecule has 4 aliphatic heterocycles. The predicted molar refractivity (Wildman–Crippen MR) is 159 cm³/mol. The molecule has 1 spiro atoms. The Bertz CT molecular complexity index is 876. The third kappa shape index (κ3) is 5.97. The zero-order valence-electron chi connectivity index (χ0n) is 27.1. The molecule has 2 saturated carbocycles. The highest BCUT2D eigenvalue weighted by atomic mass is 17.2. The van der Waals surface area contributed by atoms with E-state index < -0.39 is 29.2 Å². The van der Waals surface area contributed by atoms with Crippen molar-refractivity contribution >= 4 is 0 Å². The molecule has 0 aromatic heterocycles. The molecule has 6 unspecified atom stereocenters. The van der Waals surface area contributed by atoms with E-state index in [2.05, 4.69) is 34.6 Å². The molecule has 0 amide bonds. The Morgan fingerprint density at radius 1 is 0.833 bits per heavy atom. The first-order valence-corrected chi connectivity index (χ1v) is 17.3. The monoisotopic (exact) mass is 596 g/mol. The summed E-state index contributed by atoms with van der Waals surface area (Å²) >= 11 is 0. The average Bonchev–Trinajstić information content (AvgIpc) is 3.34. The number of fused-ring (bicyclic) bond motifs is 4. The Kier molecular flexibility index (Phi) is 10.4. The quantitative estimate of drug-likeness (QED) is 0.193. The molecule has 6 aliphatic rings. The van der Waals surface area contributed by atoms with Crippen molar-refractivity contribution in [3.63, 3.8) is 0 Å². The van der Waals surface area contributed by atoms with Gasteiger partial charge >= 0.3 is 0 Å². The molecule has 0 aromatic carbocycles. The Labute approximate surface area is 254 Å².